The number of Topliss-reactive ketones (excluding diaryl/α,β-unsaturated/α-hetero) is 1. The van der Waals surface area contributed by atoms with Gasteiger partial charge in [-0.15, -0.1) is 0 Å². The van der Waals surface area contributed by atoms with Crippen molar-refractivity contribution in [2.45, 2.75) is 184 Å². The fourth-order valence-electron chi connectivity index (χ4n) is 11.7. The fraction of sp³-hybridized carbons (Fsp3) is 0.778. The number of carboxylic acids is 1. The molecule has 2 aromatic rings. The number of fused-ring (bicyclic) bond motifs is 2. The van der Waals surface area contributed by atoms with Crippen LogP contribution in [-0.4, -0.2) is 206 Å². The van der Waals surface area contributed by atoms with E-state index in [1.54, 1.807) is 57.7 Å². The Hall–Kier alpha value is -3.64. The van der Waals surface area contributed by atoms with Gasteiger partial charge in [0.25, 0.3) is 0 Å². The summed E-state index contributed by atoms with van der Waals surface area (Å²) in [6, 6.07) is 5.31. The van der Waals surface area contributed by atoms with Gasteiger partial charge < -0.3 is 73.1 Å². The first-order valence-corrected chi connectivity index (χ1v) is 26.3. The van der Waals surface area contributed by atoms with Crippen molar-refractivity contribution in [3.8, 4) is 0 Å². The van der Waals surface area contributed by atoms with E-state index >= 15 is 0 Å². The number of aliphatic hydroxyl groups excluding tert-OH is 2. The van der Waals surface area contributed by atoms with E-state index in [1.807, 2.05) is 65.9 Å². The lowest BCUT2D eigenvalue weighted by atomic mass is 9.69. The van der Waals surface area contributed by atoms with Crippen LogP contribution in [0, 0.1) is 17.8 Å². The first kappa shape index (κ1) is 59.6. The molecule has 20 heteroatoms. The summed E-state index contributed by atoms with van der Waals surface area (Å²) >= 11 is 0. The maximum Gasteiger partial charge on any atom is 0.341 e. The summed E-state index contributed by atoms with van der Waals surface area (Å²) in [6.45, 7) is 14.6. The average Bonchev–Trinajstić information content (AvgIpc) is 3.34. The number of carbonyl (C=O) groups is 3. The van der Waals surface area contributed by atoms with Crippen LogP contribution in [0.25, 0.3) is 10.9 Å². The van der Waals surface area contributed by atoms with Gasteiger partial charge in [0, 0.05) is 77.3 Å². The van der Waals surface area contributed by atoms with Gasteiger partial charge >= 0.3 is 11.9 Å². The number of aromatic nitrogens is 1. The van der Waals surface area contributed by atoms with Gasteiger partial charge in [0.2, 0.25) is 5.43 Å². The molecule has 0 spiro atoms. The number of rotatable bonds is 18. The van der Waals surface area contributed by atoms with E-state index < -0.39 is 113 Å². The Morgan fingerprint density at radius 3 is 2.16 bits per heavy atom. The van der Waals surface area contributed by atoms with Crippen molar-refractivity contribution in [3.05, 3.63) is 45.7 Å². The van der Waals surface area contributed by atoms with Gasteiger partial charge in [-0.25, -0.2) is 4.79 Å². The van der Waals surface area contributed by atoms with E-state index in [-0.39, 0.29) is 43.4 Å². The van der Waals surface area contributed by atoms with Crippen molar-refractivity contribution >= 4 is 28.6 Å². The molecule has 3 saturated heterocycles. The minimum Gasteiger partial charge on any atom is -0.477 e. The third kappa shape index (κ3) is 12.7. The third-order valence-corrected chi connectivity index (χ3v) is 16.5. The maximum absolute atomic E-state index is 14.3. The van der Waals surface area contributed by atoms with Crippen LogP contribution in [0.2, 0.25) is 0 Å². The second kappa shape index (κ2) is 24.4. The Kier molecular flexibility index (Phi) is 19.6. The number of pyridine rings is 1. The molecule has 1 saturated carbocycles. The van der Waals surface area contributed by atoms with Crippen molar-refractivity contribution in [1.29, 1.82) is 0 Å². The number of carbonyl (C=O) groups excluding carboxylic acids is 2. The van der Waals surface area contributed by atoms with Gasteiger partial charge in [-0.1, -0.05) is 19.9 Å². The van der Waals surface area contributed by atoms with Crippen LogP contribution in [0.3, 0.4) is 0 Å². The average molecular weight is 1050 g/mol. The minimum absolute atomic E-state index is 0.0271. The SMILES string of the molecule is CO[C@]1(C)C[C@@H](C)C(=O)[C@@H](O)[C@@]2(O)CC[C@H]2OC(=O)[C@H](C)[C@@H](O[C@H]2C[C@@](C)(OC)[C@@H](OCCCN(C)CCCc3ccc4c(c3)c(=O)c(C(=O)O)cn4N(C)C)[C@H](C)O2)[C@H](C)[C@H]1O[C@@H]1O[C@H](C)C[C@H](N(C)C)[C@H]1O. The zero-order valence-electron chi connectivity index (χ0n) is 46.1. The van der Waals surface area contributed by atoms with Crippen LogP contribution in [0.5, 0.6) is 0 Å². The number of likely N-dealkylation sites (N-methyl/N-ethyl adjacent to an activating group) is 1. The number of nitrogens with zero attached hydrogens (tertiary/aromatic N) is 4. The predicted octanol–water partition coefficient (Wildman–Crippen LogP) is 3.36. The summed E-state index contributed by atoms with van der Waals surface area (Å²) in [5.74, 6) is -5.21. The molecule has 1 aliphatic carbocycles. The molecule has 1 aromatic heterocycles. The highest BCUT2D eigenvalue weighted by Gasteiger charge is 2.59. The standard InChI is InChI=1S/C54H86N4O16/c1-30-27-52(6,67-13)47(74-51-44(61)39(55(8)9)25-31(2)70-51)32(3)45(33(4)50(65)72-40-20-21-54(40,66)46(62)42(30)59)73-41-28-53(7,68-14)48(34(5)71-41)69-24-16-23-57(12)22-15-17-35-18-19-38-36(26-35)43(60)37(49(63)64)29-58(38)56(10)11/h18-19,26,29-34,39-41,44-48,51,61-62,66H,15-17,20-25,27-28H2,1-14H3,(H,63,64)/t30-,31-,32+,33-,34+,39+,40-,41+,44-,45+,46-,47-,48+,51+,52-,53-,54-/m1/s1. The summed E-state index contributed by atoms with van der Waals surface area (Å²) in [5, 5.41) is 46.5. The van der Waals surface area contributed by atoms with Crippen LogP contribution in [0.1, 0.15) is 109 Å². The van der Waals surface area contributed by atoms with E-state index in [0.717, 1.165) is 25.1 Å². The van der Waals surface area contributed by atoms with Crippen LogP contribution >= 0.6 is 0 Å². The predicted molar refractivity (Wildman–Crippen MR) is 275 cm³/mol. The Bertz CT molecular complexity index is 2320. The topological polar surface area (TPSA) is 238 Å². The highest BCUT2D eigenvalue weighted by Crippen LogP contribution is 2.44. The van der Waals surface area contributed by atoms with Gasteiger partial charge in [-0.3, -0.25) is 19.1 Å². The molecule has 1 aromatic carbocycles. The number of esters is 1. The van der Waals surface area contributed by atoms with Gasteiger partial charge in [0.05, 0.1) is 47.1 Å². The number of aromatic carboxylic acids is 1. The molecule has 4 heterocycles. The molecule has 4 aliphatic rings. The molecule has 20 nitrogen and oxygen atoms in total. The number of methoxy groups -OCH3 is 2. The van der Waals surface area contributed by atoms with E-state index in [1.165, 1.54) is 13.3 Å². The molecular formula is C54H86N4O16. The second-order valence-corrected chi connectivity index (χ2v) is 22.5. The number of aryl methyl sites for hydroxylation is 1. The fourth-order valence-corrected chi connectivity index (χ4v) is 11.7. The lowest BCUT2D eigenvalue weighted by Crippen LogP contribution is -2.64. The Morgan fingerprint density at radius 1 is 0.892 bits per heavy atom. The molecule has 0 radical (unpaired) electrons. The summed E-state index contributed by atoms with van der Waals surface area (Å²) in [4.78, 5) is 57.3. The first-order valence-electron chi connectivity index (χ1n) is 26.3. The Labute approximate surface area is 436 Å². The van der Waals surface area contributed by atoms with E-state index in [2.05, 4.69) is 4.90 Å². The number of hydrogen-bond donors (Lipinski definition) is 4. The number of aliphatic hydroxyl groups is 3. The largest absolute Gasteiger partial charge is 0.477 e. The van der Waals surface area contributed by atoms with Gasteiger partial charge in [0.1, 0.15) is 35.6 Å². The van der Waals surface area contributed by atoms with Crippen LogP contribution in [-0.2, 0) is 53.9 Å². The maximum atomic E-state index is 14.3. The minimum atomic E-state index is -1.97. The molecule has 17 atom stereocenters. The van der Waals surface area contributed by atoms with Crippen LogP contribution in [0.4, 0.5) is 0 Å². The van der Waals surface area contributed by atoms with Crippen LogP contribution < -0.4 is 10.4 Å². The van der Waals surface area contributed by atoms with Crippen LogP contribution in [0.15, 0.2) is 29.2 Å². The number of hydrogen-bond acceptors (Lipinski definition) is 18. The smallest absolute Gasteiger partial charge is 0.341 e. The van der Waals surface area contributed by atoms with Crippen molar-refractivity contribution in [3.63, 3.8) is 0 Å². The molecular weight excluding hydrogens is 961 g/mol. The Balaban J connectivity index is 1.15. The van der Waals surface area contributed by atoms with Gasteiger partial charge in [0.15, 0.2) is 18.4 Å². The molecule has 74 heavy (non-hydrogen) atoms. The molecule has 0 amide bonds. The molecule has 4 fully saturated rings. The van der Waals surface area contributed by atoms with Crippen molar-refractivity contribution in [1.82, 2.24) is 14.5 Å². The Morgan fingerprint density at radius 2 is 1.55 bits per heavy atom. The van der Waals surface area contributed by atoms with E-state index in [0.29, 0.717) is 36.8 Å². The molecule has 3 aliphatic heterocycles. The normalized spacial score (nSPS) is 37.4. The summed E-state index contributed by atoms with van der Waals surface area (Å²) in [6.07, 6.45) is -4.79. The van der Waals surface area contributed by atoms with E-state index in [4.69, 9.17) is 37.9 Å². The third-order valence-electron chi connectivity index (χ3n) is 16.5. The lowest BCUT2D eigenvalue weighted by Gasteiger charge is -2.50. The monoisotopic (exact) mass is 1050 g/mol. The lowest BCUT2D eigenvalue weighted by molar-refractivity contribution is -0.322. The molecule has 0 bridgehead atoms. The molecule has 4 N–H and O–H groups in total. The molecule has 0 unspecified atom stereocenters. The van der Waals surface area contributed by atoms with Crippen molar-refractivity contribution in [2.24, 2.45) is 17.8 Å². The number of benzene rings is 1. The molecule has 418 valence electrons. The number of ether oxygens (including phenoxy) is 8. The number of ketones is 1. The van der Waals surface area contributed by atoms with Crippen molar-refractivity contribution in [2.75, 3.05) is 74.2 Å². The summed E-state index contributed by atoms with van der Waals surface area (Å²) in [7, 11) is 12.5. The summed E-state index contributed by atoms with van der Waals surface area (Å²) < 4.78 is 53.4. The van der Waals surface area contributed by atoms with Gasteiger partial charge in [-0.2, -0.15) is 0 Å². The second-order valence-electron chi connectivity index (χ2n) is 22.5. The quantitative estimate of drug-likeness (QED) is 0.124. The van der Waals surface area contributed by atoms with Gasteiger partial charge in [-0.05, 0) is 125 Å². The first-order chi connectivity index (χ1) is 34.7. The number of carboxylic acid groups (broad SMARTS) is 1. The molecule has 6 rings (SSSR count). The summed E-state index contributed by atoms with van der Waals surface area (Å²) in [5.41, 5.74) is -3.40. The highest BCUT2D eigenvalue weighted by molar-refractivity contribution is 5.93. The highest BCUT2D eigenvalue weighted by atomic mass is 16.7. The van der Waals surface area contributed by atoms with E-state index in [9.17, 15) is 39.6 Å². The van der Waals surface area contributed by atoms with Crippen molar-refractivity contribution < 1.29 is 72.7 Å². The zero-order chi connectivity index (χ0) is 54.8. The zero-order valence-corrected chi connectivity index (χ0v) is 46.1.